The highest BCUT2D eigenvalue weighted by Gasteiger charge is 2.29. The molecule has 1 atom stereocenters. The standard InChI is InChI=1S/C22H24N2O2/c1-22(2,3)26-21(25)18(14-16-10-6-4-7-11-16)20-23-15-19(24-20)17-12-8-5-9-13-17/h4-13,15,18H,14H2,1-3H3,(H,23,24). The van der Waals surface area contributed by atoms with Crippen LogP contribution in [-0.4, -0.2) is 21.5 Å². The Bertz CT molecular complexity index is 849. The lowest BCUT2D eigenvalue weighted by molar-refractivity contribution is -0.156. The number of esters is 1. The zero-order valence-electron chi connectivity index (χ0n) is 15.4. The first-order valence-electron chi connectivity index (χ1n) is 8.79. The van der Waals surface area contributed by atoms with Crippen molar-refractivity contribution in [2.24, 2.45) is 0 Å². The van der Waals surface area contributed by atoms with Gasteiger partial charge in [-0.2, -0.15) is 0 Å². The number of rotatable bonds is 5. The zero-order chi connectivity index (χ0) is 18.6. The largest absolute Gasteiger partial charge is 0.459 e. The average Bonchev–Trinajstić information content (AvgIpc) is 3.09. The van der Waals surface area contributed by atoms with Gasteiger partial charge in [0.05, 0.1) is 11.9 Å². The Morgan fingerprint density at radius 3 is 2.27 bits per heavy atom. The van der Waals surface area contributed by atoms with Gasteiger partial charge in [-0.15, -0.1) is 0 Å². The molecule has 1 heterocycles. The van der Waals surface area contributed by atoms with Crippen LogP contribution in [0.25, 0.3) is 11.3 Å². The zero-order valence-corrected chi connectivity index (χ0v) is 15.4. The maximum Gasteiger partial charge on any atom is 0.317 e. The van der Waals surface area contributed by atoms with Gasteiger partial charge in [-0.25, -0.2) is 4.98 Å². The molecule has 1 aromatic heterocycles. The third-order valence-electron chi connectivity index (χ3n) is 3.98. The van der Waals surface area contributed by atoms with Crippen LogP contribution in [-0.2, 0) is 16.0 Å². The van der Waals surface area contributed by atoms with Crippen molar-refractivity contribution in [3.05, 3.63) is 78.2 Å². The molecule has 0 spiro atoms. The van der Waals surface area contributed by atoms with E-state index in [1.165, 1.54) is 0 Å². The Hall–Kier alpha value is -2.88. The van der Waals surface area contributed by atoms with Gasteiger partial charge in [0, 0.05) is 0 Å². The van der Waals surface area contributed by atoms with Gasteiger partial charge in [-0.3, -0.25) is 4.79 Å². The highest BCUT2D eigenvalue weighted by atomic mass is 16.6. The van der Waals surface area contributed by atoms with E-state index in [1.807, 2.05) is 81.4 Å². The van der Waals surface area contributed by atoms with Gasteiger partial charge in [0.25, 0.3) is 0 Å². The van der Waals surface area contributed by atoms with Crippen LogP contribution in [0.15, 0.2) is 66.9 Å². The summed E-state index contributed by atoms with van der Waals surface area (Å²) in [6, 6.07) is 19.9. The van der Waals surface area contributed by atoms with Gasteiger partial charge < -0.3 is 9.72 Å². The van der Waals surface area contributed by atoms with E-state index >= 15 is 0 Å². The molecule has 134 valence electrons. The summed E-state index contributed by atoms with van der Waals surface area (Å²) in [7, 11) is 0. The number of aromatic nitrogens is 2. The van der Waals surface area contributed by atoms with Crippen LogP contribution < -0.4 is 0 Å². The van der Waals surface area contributed by atoms with Gasteiger partial charge in [0.1, 0.15) is 17.3 Å². The summed E-state index contributed by atoms with van der Waals surface area (Å²) in [5, 5.41) is 0. The van der Waals surface area contributed by atoms with E-state index in [9.17, 15) is 4.79 Å². The second kappa shape index (κ2) is 7.56. The number of aromatic amines is 1. The Morgan fingerprint density at radius 2 is 1.65 bits per heavy atom. The molecule has 4 heteroatoms. The molecule has 3 aromatic rings. The highest BCUT2D eigenvalue weighted by Crippen LogP contribution is 2.25. The molecule has 0 radical (unpaired) electrons. The molecular weight excluding hydrogens is 324 g/mol. The maximum absolute atomic E-state index is 12.8. The molecule has 2 aromatic carbocycles. The van der Waals surface area contributed by atoms with Gasteiger partial charge >= 0.3 is 5.97 Å². The van der Waals surface area contributed by atoms with Crippen molar-refractivity contribution in [2.75, 3.05) is 0 Å². The molecule has 0 bridgehead atoms. The normalized spacial score (nSPS) is 12.6. The van der Waals surface area contributed by atoms with Crippen LogP contribution >= 0.6 is 0 Å². The predicted octanol–water partition coefficient (Wildman–Crippen LogP) is 4.74. The number of hydrogen-bond acceptors (Lipinski definition) is 3. The van der Waals surface area contributed by atoms with E-state index in [0.717, 1.165) is 16.8 Å². The lowest BCUT2D eigenvalue weighted by Crippen LogP contribution is -2.29. The fourth-order valence-electron chi connectivity index (χ4n) is 2.79. The summed E-state index contributed by atoms with van der Waals surface area (Å²) in [5.41, 5.74) is 2.46. The number of carbonyl (C=O) groups is 1. The van der Waals surface area contributed by atoms with Crippen LogP contribution in [0.5, 0.6) is 0 Å². The summed E-state index contributed by atoms with van der Waals surface area (Å²) in [5.74, 6) is -0.119. The summed E-state index contributed by atoms with van der Waals surface area (Å²) >= 11 is 0. The van der Waals surface area contributed by atoms with Gasteiger partial charge in [0.2, 0.25) is 0 Å². The molecule has 3 rings (SSSR count). The van der Waals surface area contributed by atoms with Crippen LogP contribution in [0.3, 0.4) is 0 Å². The van der Waals surface area contributed by atoms with E-state index in [1.54, 1.807) is 6.20 Å². The maximum atomic E-state index is 12.8. The number of ether oxygens (including phenoxy) is 1. The minimum absolute atomic E-state index is 0.268. The second-order valence-electron chi connectivity index (χ2n) is 7.32. The van der Waals surface area contributed by atoms with Crippen LogP contribution in [0.1, 0.15) is 38.1 Å². The molecule has 0 aliphatic heterocycles. The third kappa shape index (κ3) is 4.60. The molecule has 1 unspecified atom stereocenters. The quantitative estimate of drug-likeness (QED) is 0.677. The van der Waals surface area contributed by atoms with Crippen molar-refractivity contribution < 1.29 is 9.53 Å². The Balaban J connectivity index is 1.90. The highest BCUT2D eigenvalue weighted by molar-refractivity contribution is 5.78. The number of nitrogens with zero attached hydrogens (tertiary/aromatic N) is 1. The van der Waals surface area contributed by atoms with E-state index < -0.39 is 11.5 Å². The number of hydrogen-bond donors (Lipinski definition) is 1. The summed E-state index contributed by atoms with van der Waals surface area (Å²) in [6.07, 6.45) is 2.31. The average molecular weight is 348 g/mol. The van der Waals surface area contributed by atoms with Crippen molar-refractivity contribution in [1.29, 1.82) is 0 Å². The number of H-pyrrole nitrogens is 1. The van der Waals surface area contributed by atoms with Crippen molar-refractivity contribution in [1.82, 2.24) is 9.97 Å². The van der Waals surface area contributed by atoms with Gasteiger partial charge in [-0.1, -0.05) is 60.7 Å². The molecule has 0 fully saturated rings. The first-order valence-corrected chi connectivity index (χ1v) is 8.79. The molecule has 26 heavy (non-hydrogen) atoms. The Kier molecular flexibility index (Phi) is 5.21. The number of carbonyl (C=O) groups excluding carboxylic acids is 1. The molecule has 0 aliphatic carbocycles. The smallest absolute Gasteiger partial charge is 0.317 e. The number of nitrogens with one attached hydrogen (secondary N) is 1. The topological polar surface area (TPSA) is 55.0 Å². The van der Waals surface area contributed by atoms with Crippen molar-refractivity contribution in [3.63, 3.8) is 0 Å². The molecule has 1 N–H and O–H groups in total. The second-order valence-corrected chi connectivity index (χ2v) is 7.32. The minimum atomic E-state index is -0.541. The molecule has 0 saturated heterocycles. The molecule has 0 saturated carbocycles. The summed E-state index contributed by atoms with van der Waals surface area (Å²) in [4.78, 5) is 20.6. The van der Waals surface area contributed by atoms with Gasteiger partial charge in [0.15, 0.2) is 0 Å². The SMILES string of the molecule is CC(C)(C)OC(=O)C(Cc1ccccc1)c1ncc(-c2ccccc2)[nH]1. The van der Waals surface area contributed by atoms with Crippen molar-refractivity contribution >= 4 is 5.97 Å². The van der Waals surface area contributed by atoms with Crippen LogP contribution in [0, 0.1) is 0 Å². The first kappa shape index (κ1) is 17.9. The Labute approximate surface area is 154 Å². The number of imidazole rings is 1. The minimum Gasteiger partial charge on any atom is -0.459 e. The molecular formula is C22H24N2O2. The monoisotopic (exact) mass is 348 g/mol. The first-order chi connectivity index (χ1) is 12.4. The van der Waals surface area contributed by atoms with Gasteiger partial charge in [-0.05, 0) is 38.3 Å². The van der Waals surface area contributed by atoms with Crippen molar-refractivity contribution in [2.45, 2.75) is 38.7 Å². The lowest BCUT2D eigenvalue weighted by Gasteiger charge is -2.23. The summed E-state index contributed by atoms with van der Waals surface area (Å²) in [6.45, 7) is 5.63. The third-order valence-corrected chi connectivity index (χ3v) is 3.98. The molecule has 0 amide bonds. The van der Waals surface area contributed by atoms with E-state index in [0.29, 0.717) is 12.2 Å². The fraction of sp³-hybridized carbons (Fsp3) is 0.273. The van der Waals surface area contributed by atoms with Crippen LogP contribution in [0.4, 0.5) is 0 Å². The summed E-state index contributed by atoms with van der Waals surface area (Å²) < 4.78 is 5.64. The molecule has 4 nitrogen and oxygen atoms in total. The molecule has 0 aliphatic rings. The van der Waals surface area contributed by atoms with Crippen LogP contribution in [0.2, 0.25) is 0 Å². The van der Waals surface area contributed by atoms with E-state index in [-0.39, 0.29) is 5.97 Å². The van der Waals surface area contributed by atoms with E-state index in [2.05, 4.69) is 9.97 Å². The Morgan fingerprint density at radius 1 is 1.04 bits per heavy atom. The van der Waals surface area contributed by atoms with Crippen molar-refractivity contribution in [3.8, 4) is 11.3 Å². The number of benzene rings is 2. The fourth-order valence-corrected chi connectivity index (χ4v) is 2.79. The van der Waals surface area contributed by atoms with E-state index in [4.69, 9.17) is 4.74 Å². The predicted molar refractivity (Wildman–Crippen MR) is 103 cm³/mol. The lowest BCUT2D eigenvalue weighted by atomic mass is 9.98.